The normalized spacial score (nSPS) is 26.2. The highest BCUT2D eigenvalue weighted by Crippen LogP contribution is 2.33. The van der Waals surface area contributed by atoms with E-state index in [0.717, 1.165) is 44.5 Å². The molecule has 2 fully saturated rings. The van der Waals surface area contributed by atoms with Gasteiger partial charge >= 0.3 is 0 Å². The van der Waals surface area contributed by atoms with Gasteiger partial charge in [-0.1, -0.05) is 29.3 Å². The molecule has 2 heterocycles. The number of carbonyl (C=O) groups excluding carboxylic acids is 1. The summed E-state index contributed by atoms with van der Waals surface area (Å²) in [5.41, 5.74) is 1.10. The van der Waals surface area contributed by atoms with Crippen LogP contribution in [0.25, 0.3) is 0 Å². The Morgan fingerprint density at radius 2 is 1.95 bits per heavy atom. The van der Waals surface area contributed by atoms with Crippen LogP contribution in [0.1, 0.15) is 30.7 Å². The second-order valence-electron chi connectivity index (χ2n) is 5.53. The summed E-state index contributed by atoms with van der Waals surface area (Å²) in [6, 6.07) is 5.57. The fourth-order valence-electron chi connectivity index (χ4n) is 3.20. The highest BCUT2D eigenvalue weighted by atomic mass is 35.5. The highest BCUT2D eigenvalue weighted by molar-refractivity contribution is 6.42. The molecule has 3 rings (SSSR count). The van der Waals surface area contributed by atoms with Crippen LogP contribution in [0.3, 0.4) is 0 Å². The number of nitrogens with zero attached hydrogens (tertiary/aromatic N) is 1. The van der Waals surface area contributed by atoms with Crippen LogP contribution in [0.4, 0.5) is 0 Å². The largest absolute Gasteiger partial charge is 0.341 e. The second kappa shape index (κ2) is 5.92. The van der Waals surface area contributed by atoms with Crippen LogP contribution in [0, 0.1) is 0 Å². The Labute approximate surface area is 129 Å². The molecule has 2 aliphatic rings. The van der Waals surface area contributed by atoms with E-state index in [9.17, 15) is 4.79 Å². The number of nitrogens with one attached hydrogen (secondary N) is 1. The van der Waals surface area contributed by atoms with Crippen LogP contribution < -0.4 is 5.32 Å². The van der Waals surface area contributed by atoms with Gasteiger partial charge in [-0.05, 0) is 43.5 Å². The first-order valence-corrected chi connectivity index (χ1v) is 7.89. The number of hydrogen-bond acceptors (Lipinski definition) is 2. The first-order valence-electron chi connectivity index (χ1n) is 7.14. The van der Waals surface area contributed by atoms with Crippen molar-refractivity contribution in [1.29, 1.82) is 0 Å². The number of likely N-dealkylation sites (tertiary alicyclic amines) is 1. The molecule has 2 aliphatic heterocycles. The van der Waals surface area contributed by atoms with Gasteiger partial charge in [-0.15, -0.1) is 0 Å². The molecule has 0 saturated carbocycles. The quantitative estimate of drug-likeness (QED) is 0.910. The molecular weight excluding hydrogens is 295 g/mol. The topological polar surface area (TPSA) is 32.3 Å². The predicted molar refractivity (Wildman–Crippen MR) is 81.4 cm³/mol. The number of halogens is 2. The Hall–Kier alpha value is -0.770. The monoisotopic (exact) mass is 312 g/mol. The van der Waals surface area contributed by atoms with Crippen molar-refractivity contribution >= 4 is 29.1 Å². The van der Waals surface area contributed by atoms with Crippen molar-refractivity contribution in [3.05, 3.63) is 33.8 Å². The molecule has 1 amide bonds. The molecule has 2 atom stereocenters. The van der Waals surface area contributed by atoms with Gasteiger partial charge in [0.1, 0.15) is 0 Å². The standard InChI is InChI=1S/C15H18Cl2N2O/c16-12-4-3-10(9-13(12)17)11-5-6-18-14(11)15(20)19-7-1-2-8-19/h3-4,9,11,14,18H,1-2,5-8H2. The molecule has 108 valence electrons. The molecule has 1 aromatic rings. The van der Waals surface area contributed by atoms with E-state index in [4.69, 9.17) is 23.2 Å². The molecule has 1 aromatic carbocycles. The van der Waals surface area contributed by atoms with Gasteiger partial charge in [0, 0.05) is 19.0 Å². The minimum atomic E-state index is -0.120. The molecule has 20 heavy (non-hydrogen) atoms. The van der Waals surface area contributed by atoms with E-state index in [1.807, 2.05) is 23.1 Å². The van der Waals surface area contributed by atoms with Gasteiger partial charge in [-0.2, -0.15) is 0 Å². The van der Waals surface area contributed by atoms with E-state index >= 15 is 0 Å². The third-order valence-corrected chi connectivity index (χ3v) is 5.02. The fourth-order valence-corrected chi connectivity index (χ4v) is 3.51. The van der Waals surface area contributed by atoms with Crippen LogP contribution in [-0.4, -0.2) is 36.5 Å². The lowest BCUT2D eigenvalue weighted by molar-refractivity contribution is -0.132. The average molecular weight is 313 g/mol. The molecule has 2 saturated heterocycles. The third kappa shape index (κ3) is 2.67. The van der Waals surface area contributed by atoms with Gasteiger partial charge in [-0.3, -0.25) is 4.79 Å². The predicted octanol–water partition coefficient (Wildman–Crippen LogP) is 3.06. The van der Waals surface area contributed by atoms with Crippen LogP contribution in [0.2, 0.25) is 10.0 Å². The second-order valence-corrected chi connectivity index (χ2v) is 6.35. The zero-order valence-electron chi connectivity index (χ0n) is 11.2. The zero-order valence-corrected chi connectivity index (χ0v) is 12.8. The summed E-state index contributed by atoms with van der Waals surface area (Å²) >= 11 is 12.1. The molecule has 5 heteroatoms. The van der Waals surface area contributed by atoms with Crippen molar-refractivity contribution in [2.45, 2.75) is 31.2 Å². The first kappa shape index (κ1) is 14.2. The minimum absolute atomic E-state index is 0.120. The average Bonchev–Trinajstić information content (AvgIpc) is 3.11. The lowest BCUT2D eigenvalue weighted by Gasteiger charge is -2.25. The van der Waals surface area contributed by atoms with E-state index in [1.54, 1.807) is 0 Å². The third-order valence-electron chi connectivity index (χ3n) is 4.28. The zero-order chi connectivity index (χ0) is 14.1. The van der Waals surface area contributed by atoms with Crippen molar-refractivity contribution < 1.29 is 4.79 Å². The Kier molecular flexibility index (Phi) is 4.20. The van der Waals surface area contributed by atoms with E-state index in [0.29, 0.717) is 10.0 Å². The van der Waals surface area contributed by atoms with Gasteiger partial charge in [0.15, 0.2) is 0 Å². The molecule has 0 aliphatic carbocycles. The Morgan fingerprint density at radius 1 is 1.20 bits per heavy atom. The van der Waals surface area contributed by atoms with Crippen molar-refractivity contribution in [3.8, 4) is 0 Å². The number of rotatable bonds is 2. The van der Waals surface area contributed by atoms with Gasteiger partial charge in [0.05, 0.1) is 16.1 Å². The SMILES string of the molecule is O=C(C1NCCC1c1ccc(Cl)c(Cl)c1)N1CCCC1. The van der Waals surface area contributed by atoms with E-state index in [2.05, 4.69) is 5.32 Å². The molecule has 1 N–H and O–H groups in total. The molecule has 0 spiro atoms. The number of benzene rings is 1. The summed E-state index contributed by atoms with van der Waals surface area (Å²) < 4.78 is 0. The molecule has 2 unspecified atom stereocenters. The van der Waals surface area contributed by atoms with Crippen molar-refractivity contribution in [2.75, 3.05) is 19.6 Å². The summed E-state index contributed by atoms with van der Waals surface area (Å²) in [4.78, 5) is 14.6. The van der Waals surface area contributed by atoms with E-state index in [-0.39, 0.29) is 17.9 Å². The maximum absolute atomic E-state index is 12.6. The van der Waals surface area contributed by atoms with E-state index < -0.39 is 0 Å². The van der Waals surface area contributed by atoms with E-state index in [1.165, 1.54) is 0 Å². The fraction of sp³-hybridized carbons (Fsp3) is 0.533. The Bertz CT molecular complexity index is 515. The first-order chi connectivity index (χ1) is 9.66. The smallest absolute Gasteiger partial charge is 0.240 e. The van der Waals surface area contributed by atoms with Crippen LogP contribution in [0.5, 0.6) is 0 Å². The lowest BCUT2D eigenvalue weighted by atomic mass is 9.91. The summed E-state index contributed by atoms with van der Waals surface area (Å²) in [6.45, 7) is 2.66. The molecular formula is C15H18Cl2N2O. The molecule has 0 radical (unpaired) electrons. The molecule has 0 bridgehead atoms. The Balaban J connectivity index is 1.80. The molecule has 3 nitrogen and oxygen atoms in total. The maximum Gasteiger partial charge on any atom is 0.240 e. The summed E-state index contributed by atoms with van der Waals surface area (Å²) in [7, 11) is 0. The minimum Gasteiger partial charge on any atom is -0.341 e. The summed E-state index contributed by atoms with van der Waals surface area (Å²) in [6.07, 6.45) is 3.20. The van der Waals surface area contributed by atoms with Gasteiger partial charge in [0.25, 0.3) is 0 Å². The van der Waals surface area contributed by atoms with Crippen LogP contribution >= 0.6 is 23.2 Å². The number of carbonyl (C=O) groups is 1. The number of amides is 1. The molecule has 0 aromatic heterocycles. The van der Waals surface area contributed by atoms with Crippen LogP contribution in [-0.2, 0) is 4.79 Å². The van der Waals surface area contributed by atoms with Crippen molar-refractivity contribution in [3.63, 3.8) is 0 Å². The van der Waals surface area contributed by atoms with Crippen LogP contribution in [0.15, 0.2) is 18.2 Å². The van der Waals surface area contributed by atoms with Crippen molar-refractivity contribution in [2.24, 2.45) is 0 Å². The van der Waals surface area contributed by atoms with Crippen molar-refractivity contribution in [1.82, 2.24) is 10.2 Å². The van der Waals surface area contributed by atoms with Gasteiger partial charge in [-0.25, -0.2) is 0 Å². The number of hydrogen-bond donors (Lipinski definition) is 1. The van der Waals surface area contributed by atoms with Gasteiger partial charge < -0.3 is 10.2 Å². The van der Waals surface area contributed by atoms with Gasteiger partial charge in [0.2, 0.25) is 5.91 Å². The highest BCUT2D eigenvalue weighted by Gasteiger charge is 2.36. The maximum atomic E-state index is 12.6. The lowest BCUT2D eigenvalue weighted by Crippen LogP contribution is -2.44. The summed E-state index contributed by atoms with van der Waals surface area (Å²) in [5.74, 6) is 0.425. The Morgan fingerprint density at radius 3 is 2.65 bits per heavy atom. The summed E-state index contributed by atoms with van der Waals surface area (Å²) in [5, 5.41) is 4.47.